The molecular weight excluding hydrogens is 204 g/mol. The number of hydrogen-bond acceptors (Lipinski definition) is 4. The van der Waals surface area contributed by atoms with Crippen LogP contribution in [0.1, 0.15) is 11.5 Å². The second kappa shape index (κ2) is 3.72. The molecule has 1 aromatic rings. The molecule has 0 amide bonds. The first kappa shape index (κ1) is 10.6. The largest absolute Gasteiger partial charge is 0.343 e. The lowest BCUT2D eigenvalue weighted by Gasteiger charge is -1.91. The van der Waals surface area contributed by atoms with E-state index in [1.165, 1.54) is 6.08 Å². The molecule has 7 heteroatoms. The van der Waals surface area contributed by atoms with E-state index in [1.54, 1.807) is 6.20 Å². The molecule has 6 nitrogen and oxygen atoms in total. The van der Waals surface area contributed by atoms with Gasteiger partial charge in [-0.05, 0) is 19.1 Å². The Morgan fingerprint density at radius 3 is 2.79 bits per heavy atom. The van der Waals surface area contributed by atoms with Crippen LogP contribution in [-0.2, 0) is 10.0 Å². The van der Waals surface area contributed by atoms with Gasteiger partial charge in [-0.2, -0.15) is 0 Å². The van der Waals surface area contributed by atoms with E-state index in [0.717, 1.165) is 11.8 Å². The molecule has 0 saturated heterocycles. The van der Waals surface area contributed by atoms with Crippen LogP contribution in [0, 0.1) is 12.3 Å². The smallest absolute Gasteiger partial charge is 0.254 e. The summed E-state index contributed by atoms with van der Waals surface area (Å²) in [6.07, 6.45) is 4.05. The van der Waals surface area contributed by atoms with Crippen molar-refractivity contribution in [2.75, 3.05) is 0 Å². The lowest BCUT2D eigenvalue weighted by molar-refractivity contribution is 0.608. The van der Waals surface area contributed by atoms with Gasteiger partial charge in [0.25, 0.3) is 10.0 Å². The molecule has 0 aromatic carbocycles. The Bertz CT molecular complexity index is 472. The summed E-state index contributed by atoms with van der Waals surface area (Å²) < 4.78 is 21.3. The van der Waals surface area contributed by atoms with Gasteiger partial charge in [0.1, 0.15) is 5.82 Å². The van der Waals surface area contributed by atoms with Crippen molar-refractivity contribution in [2.45, 2.75) is 6.92 Å². The van der Waals surface area contributed by atoms with Crippen molar-refractivity contribution in [2.24, 2.45) is 5.14 Å². The van der Waals surface area contributed by atoms with Gasteiger partial charge in [0.2, 0.25) is 0 Å². The average Bonchev–Trinajstić information content (AvgIpc) is 2.45. The third-order valence-electron chi connectivity index (χ3n) is 1.42. The maximum Gasteiger partial charge on any atom is 0.254 e. The number of imidazole rings is 1. The average molecular weight is 214 g/mol. The maximum atomic E-state index is 10.6. The minimum atomic E-state index is -3.91. The van der Waals surface area contributed by atoms with Crippen LogP contribution < -0.4 is 5.14 Å². The molecule has 0 unspecified atom stereocenters. The minimum Gasteiger partial charge on any atom is -0.343 e. The van der Waals surface area contributed by atoms with E-state index in [2.05, 4.69) is 9.97 Å². The molecule has 0 fully saturated rings. The summed E-state index contributed by atoms with van der Waals surface area (Å²) in [5, 5.41) is 11.1. The molecule has 0 aliphatic carbocycles. The predicted octanol–water partition coefficient (Wildman–Crippen LogP) is -0.00291. The van der Waals surface area contributed by atoms with E-state index >= 15 is 0 Å². The Hall–Kier alpha value is -1.47. The van der Waals surface area contributed by atoms with Crippen LogP contribution in [0.4, 0.5) is 0 Å². The summed E-state index contributed by atoms with van der Waals surface area (Å²) >= 11 is 0. The number of H-pyrrole nitrogens is 1. The fourth-order valence-electron chi connectivity index (χ4n) is 0.767. The van der Waals surface area contributed by atoms with Crippen molar-refractivity contribution in [1.29, 1.82) is 5.41 Å². The second-order valence-corrected chi connectivity index (χ2v) is 4.22. The van der Waals surface area contributed by atoms with Crippen molar-refractivity contribution in [3.8, 4) is 0 Å². The Kier molecular flexibility index (Phi) is 2.82. The Morgan fingerprint density at radius 1 is 1.71 bits per heavy atom. The van der Waals surface area contributed by atoms with Crippen LogP contribution in [0.25, 0.3) is 6.08 Å². The number of rotatable bonds is 2. The zero-order valence-electron chi connectivity index (χ0n) is 7.48. The zero-order valence-corrected chi connectivity index (χ0v) is 8.30. The quantitative estimate of drug-likeness (QED) is 0.475. The van der Waals surface area contributed by atoms with Crippen LogP contribution in [-0.4, -0.2) is 23.4 Å². The highest BCUT2D eigenvalue weighted by molar-refractivity contribution is 8.04. The number of nitrogens with two attached hydrogens (primary N) is 1. The van der Waals surface area contributed by atoms with Gasteiger partial charge in [-0.25, -0.2) is 18.5 Å². The van der Waals surface area contributed by atoms with Gasteiger partial charge in [-0.1, -0.05) is 0 Å². The molecule has 76 valence electrons. The van der Waals surface area contributed by atoms with Crippen LogP contribution in [0.3, 0.4) is 0 Å². The van der Waals surface area contributed by atoms with Crippen LogP contribution in [0.15, 0.2) is 12.3 Å². The molecule has 0 bridgehead atoms. The third kappa shape index (κ3) is 2.79. The normalized spacial score (nSPS) is 12.1. The first-order valence-corrected chi connectivity index (χ1v) is 5.25. The van der Waals surface area contributed by atoms with Gasteiger partial charge in [-0.15, -0.1) is 0 Å². The number of aryl methyl sites for hydroxylation is 1. The highest BCUT2D eigenvalue weighted by Gasteiger charge is 2.07. The lowest BCUT2D eigenvalue weighted by atomic mass is 10.5. The SMILES string of the molecule is Cc1cnc(/C=C\C(=N)S(N)(=O)=O)[nH]1. The molecule has 1 heterocycles. The number of nitrogens with zero attached hydrogens (tertiary/aromatic N) is 1. The number of nitrogens with one attached hydrogen (secondary N) is 2. The molecule has 14 heavy (non-hydrogen) atoms. The van der Waals surface area contributed by atoms with Crippen molar-refractivity contribution < 1.29 is 8.42 Å². The Morgan fingerprint density at radius 2 is 2.36 bits per heavy atom. The van der Waals surface area contributed by atoms with Crippen LogP contribution in [0.5, 0.6) is 0 Å². The topological polar surface area (TPSA) is 113 Å². The Balaban J connectivity index is 2.80. The van der Waals surface area contributed by atoms with E-state index in [-0.39, 0.29) is 0 Å². The predicted molar refractivity (Wildman–Crippen MR) is 53.2 cm³/mol. The number of aromatic nitrogens is 2. The molecule has 0 spiro atoms. The highest BCUT2D eigenvalue weighted by atomic mass is 32.2. The van der Waals surface area contributed by atoms with Gasteiger partial charge in [0.15, 0.2) is 5.04 Å². The number of sulfonamides is 1. The number of hydrogen-bond donors (Lipinski definition) is 3. The van der Waals surface area contributed by atoms with Crippen LogP contribution in [0.2, 0.25) is 0 Å². The summed E-state index contributed by atoms with van der Waals surface area (Å²) in [4.78, 5) is 6.75. The second-order valence-electron chi connectivity index (χ2n) is 2.69. The molecule has 1 rings (SSSR count). The standard InChI is InChI=1S/C7H10N4O2S/c1-5-4-10-7(11-5)3-2-6(8)14(9,12)13/h2-4,8H,1H3,(H,10,11)(H2,9,12,13)/b3-2-,8-6?. The van der Waals surface area contributed by atoms with E-state index in [0.29, 0.717) is 5.82 Å². The molecule has 0 aliphatic heterocycles. The summed E-state index contributed by atoms with van der Waals surface area (Å²) in [6, 6.07) is 0. The van der Waals surface area contributed by atoms with Crippen molar-refractivity contribution in [1.82, 2.24) is 9.97 Å². The molecular formula is C7H10N4O2S. The summed E-state index contributed by atoms with van der Waals surface area (Å²) in [6.45, 7) is 1.81. The van der Waals surface area contributed by atoms with Gasteiger partial charge >= 0.3 is 0 Å². The van der Waals surface area contributed by atoms with Crippen molar-refractivity contribution >= 4 is 21.1 Å². The molecule has 1 aromatic heterocycles. The lowest BCUT2D eigenvalue weighted by Crippen LogP contribution is -2.20. The maximum absolute atomic E-state index is 10.6. The first-order valence-electron chi connectivity index (χ1n) is 3.70. The number of aromatic amines is 1. The van der Waals surface area contributed by atoms with E-state index in [1.807, 2.05) is 6.92 Å². The fraction of sp³-hybridized carbons (Fsp3) is 0.143. The molecule has 0 aliphatic rings. The van der Waals surface area contributed by atoms with Crippen molar-refractivity contribution in [3.63, 3.8) is 0 Å². The van der Waals surface area contributed by atoms with Gasteiger partial charge in [0, 0.05) is 11.9 Å². The molecule has 0 atom stereocenters. The minimum absolute atomic E-state index is 0.482. The molecule has 4 N–H and O–H groups in total. The first-order chi connectivity index (χ1) is 6.39. The third-order valence-corrected chi connectivity index (χ3v) is 2.17. The fourth-order valence-corrected chi connectivity index (χ4v) is 1.02. The van der Waals surface area contributed by atoms with Gasteiger partial charge in [0.05, 0.1) is 0 Å². The van der Waals surface area contributed by atoms with Gasteiger partial charge < -0.3 is 4.98 Å². The van der Waals surface area contributed by atoms with Gasteiger partial charge in [-0.3, -0.25) is 5.41 Å². The van der Waals surface area contributed by atoms with Crippen LogP contribution >= 0.6 is 0 Å². The van der Waals surface area contributed by atoms with E-state index < -0.39 is 15.1 Å². The highest BCUT2D eigenvalue weighted by Crippen LogP contribution is 1.98. The zero-order chi connectivity index (χ0) is 10.8. The molecule has 0 saturated carbocycles. The number of primary sulfonamides is 1. The molecule has 0 radical (unpaired) electrons. The summed E-state index contributed by atoms with van der Waals surface area (Å²) in [5.41, 5.74) is 0.854. The van der Waals surface area contributed by atoms with Crippen molar-refractivity contribution in [3.05, 3.63) is 23.8 Å². The van der Waals surface area contributed by atoms with E-state index in [9.17, 15) is 8.42 Å². The monoisotopic (exact) mass is 214 g/mol. The van der Waals surface area contributed by atoms with E-state index in [4.69, 9.17) is 10.5 Å². The summed E-state index contributed by atoms with van der Waals surface area (Å²) in [5.74, 6) is 0.482. The summed E-state index contributed by atoms with van der Waals surface area (Å²) in [7, 11) is -3.91. The Labute approximate surface area is 81.4 Å².